The highest BCUT2D eigenvalue weighted by molar-refractivity contribution is 6.08. The fourth-order valence-corrected chi connectivity index (χ4v) is 3.27. The fraction of sp³-hybridized carbons (Fsp3) is 0.0833. The van der Waals surface area contributed by atoms with Crippen LogP contribution in [0.4, 0.5) is 5.69 Å². The first-order valence-corrected chi connectivity index (χ1v) is 9.43. The predicted molar refractivity (Wildman–Crippen MR) is 116 cm³/mol. The summed E-state index contributed by atoms with van der Waals surface area (Å²) in [5.74, 6) is 0.874. The van der Waals surface area contributed by atoms with Crippen LogP contribution in [0.3, 0.4) is 0 Å². The molecule has 0 aliphatic carbocycles. The smallest absolute Gasteiger partial charge is 0.259 e. The second kappa shape index (κ2) is 8.53. The Kier molecular flexibility index (Phi) is 5.48. The zero-order valence-corrected chi connectivity index (χ0v) is 16.7. The van der Waals surface area contributed by atoms with Crippen molar-refractivity contribution < 1.29 is 14.3 Å². The molecule has 0 radical (unpaired) electrons. The topological polar surface area (TPSA) is 65.4 Å². The summed E-state index contributed by atoms with van der Waals surface area (Å²) in [6, 6.07) is 24.7. The van der Waals surface area contributed by atoms with Gasteiger partial charge in [0.25, 0.3) is 5.91 Å². The second-order valence-electron chi connectivity index (χ2n) is 6.54. The average molecular weight is 399 g/mol. The summed E-state index contributed by atoms with van der Waals surface area (Å²) in [7, 11) is 3.13. The van der Waals surface area contributed by atoms with Crippen LogP contribution in [0.1, 0.15) is 10.4 Å². The van der Waals surface area contributed by atoms with Crippen molar-refractivity contribution in [2.24, 2.45) is 0 Å². The van der Waals surface area contributed by atoms with Gasteiger partial charge in [0, 0.05) is 17.3 Å². The summed E-state index contributed by atoms with van der Waals surface area (Å²) >= 11 is 0. The Balaban J connectivity index is 1.74. The molecule has 1 N–H and O–H groups in total. The van der Waals surface area contributed by atoms with Gasteiger partial charge in [0.15, 0.2) is 11.5 Å². The molecule has 0 saturated heterocycles. The Bertz CT molecular complexity index is 1160. The average Bonchev–Trinajstić information content (AvgIpc) is 3.25. The van der Waals surface area contributed by atoms with Crippen molar-refractivity contribution in [3.63, 3.8) is 0 Å². The van der Waals surface area contributed by atoms with Gasteiger partial charge in [-0.15, -0.1) is 0 Å². The molecule has 0 fully saturated rings. The Hall–Kier alpha value is -4.06. The number of benzene rings is 3. The molecule has 4 aromatic rings. The standard InChI is InChI=1S/C24H21N3O3/c1-29-21-14-13-18(15-22(21)30-2)26-24(28)20-16-25-27(19-11-7-4-8-12-19)23(20)17-9-5-3-6-10-17/h3-16H,1-2H3,(H,26,28). The highest BCUT2D eigenvalue weighted by Gasteiger charge is 2.20. The van der Waals surface area contributed by atoms with Crippen molar-refractivity contribution in [3.8, 4) is 28.4 Å². The Morgan fingerprint density at radius 3 is 2.20 bits per heavy atom. The maximum atomic E-state index is 13.2. The normalized spacial score (nSPS) is 10.5. The Labute approximate surface area is 174 Å². The third kappa shape index (κ3) is 3.75. The van der Waals surface area contributed by atoms with Crippen molar-refractivity contribution in [2.75, 3.05) is 19.5 Å². The van der Waals surface area contributed by atoms with Gasteiger partial charge in [0.1, 0.15) is 0 Å². The van der Waals surface area contributed by atoms with E-state index in [0.717, 1.165) is 16.9 Å². The minimum atomic E-state index is -0.261. The van der Waals surface area contributed by atoms with E-state index < -0.39 is 0 Å². The molecule has 6 heteroatoms. The van der Waals surface area contributed by atoms with Gasteiger partial charge in [-0.2, -0.15) is 5.10 Å². The number of ether oxygens (including phenoxy) is 2. The lowest BCUT2D eigenvalue weighted by atomic mass is 10.1. The van der Waals surface area contributed by atoms with Crippen LogP contribution in [-0.4, -0.2) is 29.9 Å². The fourth-order valence-electron chi connectivity index (χ4n) is 3.27. The van der Waals surface area contributed by atoms with Crippen molar-refractivity contribution in [1.82, 2.24) is 9.78 Å². The highest BCUT2D eigenvalue weighted by atomic mass is 16.5. The van der Waals surface area contributed by atoms with E-state index in [1.165, 1.54) is 0 Å². The van der Waals surface area contributed by atoms with Gasteiger partial charge >= 0.3 is 0 Å². The van der Waals surface area contributed by atoms with Crippen LogP contribution in [-0.2, 0) is 0 Å². The lowest BCUT2D eigenvalue weighted by Crippen LogP contribution is -2.13. The molecule has 0 saturated carbocycles. The summed E-state index contributed by atoms with van der Waals surface area (Å²) in [6.45, 7) is 0. The molecule has 0 aliphatic heterocycles. The first kappa shape index (κ1) is 19.3. The summed E-state index contributed by atoms with van der Waals surface area (Å²) in [6.07, 6.45) is 1.59. The van der Waals surface area contributed by atoms with Gasteiger partial charge in [0.05, 0.1) is 37.4 Å². The highest BCUT2D eigenvalue weighted by Crippen LogP contribution is 2.31. The minimum Gasteiger partial charge on any atom is -0.493 e. The maximum absolute atomic E-state index is 13.2. The molecule has 30 heavy (non-hydrogen) atoms. The molecule has 0 aliphatic rings. The lowest BCUT2D eigenvalue weighted by molar-refractivity contribution is 0.102. The third-order valence-corrected chi connectivity index (χ3v) is 4.70. The largest absolute Gasteiger partial charge is 0.493 e. The Morgan fingerprint density at radius 2 is 1.53 bits per heavy atom. The number of methoxy groups -OCH3 is 2. The van der Waals surface area contributed by atoms with Crippen LogP contribution in [0.5, 0.6) is 11.5 Å². The number of aromatic nitrogens is 2. The van der Waals surface area contributed by atoms with E-state index in [4.69, 9.17) is 9.47 Å². The van der Waals surface area contributed by atoms with Crippen LogP contribution >= 0.6 is 0 Å². The quantitative estimate of drug-likeness (QED) is 0.505. The lowest BCUT2D eigenvalue weighted by Gasteiger charge is -2.12. The van der Waals surface area contributed by atoms with Crippen LogP contribution in [0.2, 0.25) is 0 Å². The number of hydrogen-bond acceptors (Lipinski definition) is 4. The zero-order valence-electron chi connectivity index (χ0n) is 16.7. The van der Waals surface area contributed by atoms with Crippen molar-refractivity contribution in [1.29, 1.82) is 0 Å². The van der Waals surface area contributed by atoms with Crippen LogP contribution in [0, 0.1) is 0 Å². The summed E-state index contributed by atoms with van der Waals surface area (Å²) in [5, 5.41) is 7.43. The number of anilines is 1. The Morgan fingerprint density at radius 1 is 0.867 bits per heavy atom. The van der Waals surface area contributed by atoms with Gasteiger partial charge in [-0.3, -0.25) is 4.79 Å². The number of rotatable bonds is 6. The number of nitrogens with zero attached hydrogens (tertiary/aromatic N) is 2. The molecule has 1 aromatic heterocycles. The molecule has 6 nitrogen and oxygen atoms in total. The molecule has 4 rings (SSSR count). The van der Waals surface area contributed by atoms with Crippen LogP contribution in [0.15, 0.2) is 85.1 Å². The first-order chi connectivity index (χ1) is 14.7. The summed E-state index contributed by atoms with van der Waals surface area (Å²) in [4.78, 5) is 13.2. The van der Waals surface area contributed by atoms with E-state index in [9.17, 15) is 4.79 Å². The third-order valence-electron chi connectivity index (χ3n) is 4.70. The van der Waals surface area contributed by atoms with Crippen LogP contribution < -0.4 is 14.8 Å². The van der Waals surface area contributed by atoms with Crippen molar-refractivity contribution >= 4 is 11.6 Å². The predicted octanol–water partition coefficient (Wildman–Crippen LogP) is 4.81. The molecule has 0 bridgehead atoms. The van der Waals surface area contributed by atoms with E-state index in [1.807, 2.05) is 60.7 Å². The number of nitrogens with one attached hydrogen (secondary N) is 1. The van der Waals surface area contributed by atoms with E-state index in [-0.39, 0.29) is 5.91 Å². The van der Waals surface area contributed by atoms with E-state index in [1.54, 1.807) is 43.3 Å². The number of para-hydroxylation sites is 1. The molecule has 0 atom stereocenters. The van der Waals surface area contributed by atoms with Gasteiger partial charge in [-0.05, 0) is 24.3 Å². The number of carbonyl (C=O) groups is 1. The molecule has 3 aromatic carbocycles. The first-order valence-electron chi connectivity index (χ1n) is 9.43. The molecule has 1 amide bonds. The maximum Gasteiger partial charge on any atom is 0.259 e. The summed E-state index contributed by atoms with van der Waals surface area (Å²) < 4.78 is 12.4. The minimum absolute atomic E-state index is 0.261. The monoisotopic (exact) mass is 399 g/mol. The molecule has 0 unspecified atom stereocenters. The van der Waals surface area contributed by atoms with Gasteiger partial charge < -0.3 is 14.8 Å². The molecule has 1 heterocycles. The van der Waals surface area contributed by atoms with E-state index in [0.29, 0.717) is 22.7 Å². The van der Waals surface area contributed by atoms with Crippen molar-refractivity contribution in [3.05, 3.63) is 90.6 Å². The van der Waals surface area contributed by atoms with Crippen LogP contribution in [0.25, 0.3) is 16.9 Å². The summed E-state index contributed by atoms with van der Waals surface area (Å²) in [5.41, 5.74) is 3.57. The molecular formula is C24H21N3O3. The second-order valence-corrected chi connectivity index (χ2v) is 6.54. The van der Waals surface area contributed by atoms with E-state index in [2.05, 4.69) is 10.4 Å². The number of hydrogen-bond donors (Lipinski definition) is 1. The van der Waals surface area contributed by atoms with E-state index >= 15 is 0 Å². The zero-order chi connectivity index (χ0) is 20.9. The van der Waals surface area contributed by atoms with Crippen molar-refractivity contribution in [2.45, 2.75) is 0 Å². The number of carbonyl (C=O) groups excluding carboxylic acids is 1. The SMILES string of the molecule is COc1ccc(NC(=O)c2cnn(-c3ccccc3)c2-c2ccccc2)cc1OC. The molecular weight excluding hydrogens is 378 g/mol. The van der Waals surface area contributed by atoms with Gasteiger partial charge in [-0.1, -0.05) is 48.5 Å². The molecule has 150 valence electrons. The molecule has 0 spiro atoms. The van der Waals surface area contributed by atoms with Gasteiger partial charge in [0.2, 0.25) is 0 Å². The van der Waals surface area contributed by atoms with Gasteiger partial charge in [-0.25, -0.2) is 4.68 Å². The number of amides is 1.